The summed E-state index contributed by atoms with van der Waals surface area (Å²) in [7, 11) is 0. The number of rotatable bonds is 9. The predicted octanol–water partition coefficient (Wildman–Crippen LogP) is 6.19. The van der Waals surface area contributed by atoms with E-state index >= 15 is 0 Å². The Hall–Kier alpha value is -4.72. The van der Waals surface area contributed by atoms with E-state index in [0.29, 0.717) is 28.8 Å². The average molecular weight is 623 g/mol. The van der Waals surface area contributed by atoms with Crippen molar-refractivity contribution in [3.63, 3.8) is 0 Å². The first-order chi connectivity index (χ1) is 21.8. The van der Waals surface area contributed by atoms with Crippen molar-refractivity contribution in [2.24, 2.45) is 5.92 Å². The van der Waals surface area contributed by atoms with E-state index in [-0.39, 0.29) is 17.5 Å². The number of benzene rings is 2. The molecule has 0 unspecified atom stereocenters. The van der Waals surface area contributed by atoms with Crippen molar-refractivity contribution in [2.75, 3.05) is 36.4 Å². The first-order valence-electron chi connectivity index (χ1n) is 15.2. The topological polar surface area (TPSA) is 127 Å². The van der Waals surface area contributed by atoms with Gasteiger partial charge in [0.2, 0.25) is 11.8 Å². The van der Waals surface area contributed by atoms with Crippen LogP contribution in [0.1, 0.15) is 49.4 Å². The van der Waals surface area contributed by atoms with Gasteiger partial charge in [-0.3, -0.25) is 14.7 Å². The minimum atomic E-state index is -0.229. The summed E-state index contributed by atoms with van der Waals surface area (Å²) in [4.78, 5) is 24.6. The maximum absolute atomic E-state index is 12.3. The first-order valence-corrected chi connectivity index (χ1v) is 15.6. The van der Waals surface area contributed by atoms with Crippen molar-refractivity contribution in [1.29, 1.82) is 5.26 Å². The van der Waals surface area contributed by atoms with Gasteiger partial charge in [0, 0.05) is 61.4 Å². The number of aromatic amines is 1. The molecule has 45 heavy (non-hydrogen) atoms. The molecule has 11 heteroatoms. The minimum Gasteiger partial charge on any atom is -0.418 e. The number of aromatic nitrogens is 4. The third-order valence-corrected chi connectivity index (χ3v) is 8.56. The van der Waals surface area contributed by atoms with Crippen LogP contribution in [0.2, 0.25) is 5.02 Å². The van der Waals surface area contributed by atoms with E-state index in [1.165, 1.54) is 0 Å². The maximum atomic E-state index is 12.3. The molecule has 3 aromatic heterocycles. The zero-order chi connectivity index (χ0) is 31.5. The highest BCUT2D eigenvalue weighted by Gasteiger charge is 2.24. The van der Waals surface area contributed by atoms with E-state index in [1.54, 1.807) is 12.1 Å². The Labute approximate surface area is 266 Å². The second kappa shape index (κ2) is 13.1. The molecular formula is C34H35ClN8O2. The van der Waals surface area contributed by atoms with Crippen LogP contribution in [0.4, 0.5) is 11.4 Å². The summed E-state index contributed by atoms with van der Waals surface area (Å²) in [6.07, 6.45) is 2.60. The van der Waals surface area contributed by atoms with Crippen LogP contribution in [0, 0.1) is 17.2 Å². The lowest BCUT2D eigenvalue weighted by Crippen LogP contribution is -2.45. The third-order valence-electron chi connectivity index (χ3n) is 8.25. The molecule has 2 aromatic carbocycles. The van der Waals surface area contributed by atoms with Crippen LogP contribution in [-0.2, 0) is 13.0 Å². The van der Waals surface area contributed by atoms with Gasteiger partial charge in [0.05, 0.1) is 21.6 Å². The van der Waals surface area contributed by atoms with E-state index in [0.717, 1.165) is 71.8 Å². The van der Waals surface area contributed by atoms with E-state index in [2.05, 4.69) is 67.3 Å². The van der Waals surface area contributed by atoms with Crippen molar-refractivity contribution >= 4 is 34.0 Å². The van der Waals surface area contributed by atoms with Crippen LogP contribution < -0.4 is 15.8 Å². The molecule has 230 valence electrons. The number of H-pyrrole nitrogens is 1. The average Bonchev–Trinajstić information content (AvgIpc) is 3.54. The molecule has 0 amide bonds. The number of nitriles is 1. The highest BCUT2D eigenvalue weighted by Crippen LogP contribution is 2.31. The second-order valence-corrected chi connectivity index (χ2v) is 12.1. The third kappa shape index (κ3) is 6.70. The number of nitrogens with zero attached hydrogens (tertiary/aromatic N) is 6. The molecule has 0 bridgehead atoms. The Morgan fingerprint density at radius 1 is 1.07 bits per heavy atom. The van der Waals surface area contributed by atoms with Crippen LogP contribution in [0.25, 0.3) is 22.5 Å². The molecule has 0 spiro atoms. The van der Waals surface area contributed by atoms with Gasteiger partial charge in [-0.1, -0.05) is 32.4 Å². The lowest BCUT2D eigenvalue weighted by molar-refractivity contribution is 0.249. The maximum Gasteiger partial charge on any atom is 0.251 e. The fraction of sp³-hybridized carbons (Fsp3) is 0.324. The van der Waals surface area contributed by atoms with Gasteiger partial charge in [-0.15, -0.1) is 10.2 Å². The van der Waals surface area contributed by atoms with Crippen molar-refractivity contribution in [2.45, 2.75) is 39.8 Å². The molecule has 0 saturated carbocycles. The molecule has 2 N–H and O–H groups in total. The minimum absolute atomic E-state index is 0.0367. The van der Waals surface area contributed by atoms with E-state index in [1.807, 2.05) is 43.5 Å². The molecular weight excluding hydrogens is 588 g/mol. The smallest absolute Gasteiger partial charge is 0.251 e. The van der Waals surface area contributed by atoms with Gasteiger partial charge in [-0.2, -0.15) is 5.26 Å². The summed E-state index contributed by atoms with van der Waals surface area (Å²) < 4.78 is 6.13. The number of anilines is 2. The highest BCUT2D eigenvalue weighted by molar-refractivity contribution is 6.32. The van der Waals surface area contributed by atoms with Crippen molar-refractivity contribution in [3.05, 3.63) is 98.8 Å². The van der Waals surface area contributed by atoms with Gasteiger partial charge < -0.3 is 19.6 Å². The molecule has 1 saturated heterocycles. The Morgan fingerprint density at radius 3 is 2.53 bits per heavy atom. The summed E-state index contributed by atoms with van der Waals surface area (Å²) in [5.41, 5.74) is 6.63. The summed E-state index contributed by atoms with van der Waals surface area (Å²) in [5, 5.41) is 21.7. The molecule has 6 rings (SSSR count). The zero-order valence-corrected chi connectivity index (χ0v) is 26.3. The molecule has 1 fully saturated rings. The van der Waals surface area contributed by atoms with Gasteiger partial charge in [-0.25, -0.2) is 0 Å². The number of hydrogen-bond donors (Lipinski definition) is 2. The Morgan fingerprint density at radius 2 is 1.84 bits per heavy atom. The Bertz CT molecular complexity index is 1900. The fourth-order valence-electron chi connectivity index (χ4n) is 5.62. The van der Waals surface area contributed by atoms with Gasteiger partial charge in [0.1, 0.15) is 12.1 Å². The number of hydrogen-bond acceptors (Lipinski definition) is 9. The van der Waals surface area contributed by atoms with Crippen LogP contribution in [-0.4, -0.2) is 51.2 Å². The van der Waals surface area contributed by atoms with Gasteiger partial charge >= 0.3 is 0 Å². The highest BCUT2D eigenvalue weighted by atomic mass is 35.5. The van der Waals surface area contributed by atoms with Gasteiger partial charge in [-0.05, 0) is 72.5 Å². The first kappa shape index (κ1) is 30.3. The molecule has 1 atom stereocenters. The van der Waals surface area contributed by atoms with Crippen LogP contribution in [0.15, 0.2) is 70.0 Å². The number of aryl methyl sites for hydroxylation is 1. The van der Waals surface area contributed by atoms with Crippen LogP contribution in [0.3, 0.4) is 0 Å². The number of halogens is 1. The number of pyridine rings is 2. The molecule has 5 aromatic rings. The van der Waals surface area contributed by atoms with Crippen LogP contribution in [0.5, 0.6) is 0 Å². The largest absolute Gasteiger partial charge is 0.418 e. The Kier molecular flexibility index (Phi) is 8.83. The van der Waals surface area contributed by atoms with Gasteiger partial charge in [0.25, 0.3) is 5.56 Å². The summed E-state index contributed by atoms with van der Waals surface area (Å²) in [5.74, 6) is 1.10. The van der Waals surface area contributed by atoms with Crippen LogP contribution >= 0.6 is 11.6 Å². The van der Waals surface area contributed by atoms with E-state index in [4.69, 9.17) is 21.3 Å². The number of piperazine rings is 1. The summed E-state index contributed by atoms with van der Waals surface area (Å²) in [6.45, 7) is 10.6. The van der Waals surface area contributed by atoms with Crippen molar-refractivity contribution < 1.29 is 4.42 Å². The molecule has 0 aliphatic carbocycles. The predicted molar refractivity (Wildman–Crippen MR) is 176 cm³/mol. The van der Waals surface area contributed by atoms with Crippen molar-refractivity contribution in [3.8, 4) is 17.5 Å². The normalized spacial score (nSPS) is 14.5. The number of fused-ring (bicyclic) bond motifs is 1. The molecule has 1 aliphatic rings. The molecule has 4 heterocycles. The lowest BCUT2D eigenvalue weighted by atomic mass is 10.0. The fourth-order valence-corrected chi connectivity index (χ4v) is 5.84. The van der Waals surface area contributed by atoms with Crippen molar-refractivity contribution in [1.82, 2.24) is 25.1 Å². The molecule has 10 nitrogen and oxygen atoms in total. The SMILES string of the molecule is CCc1cc2ncc(CN3CCN(c4ccc(-c5nnc([C@H](Nc6ccc(C#N)c(Cl)c6)C(C)C)o5)cc4)CC3)cc2[nH]c1=O. The Balaban J connectivity index is 1.07. The quantitative estimate of drug-likeness (QED) is 0.198. The zero-order valence-electron chi connectivity index (χ0n) is 25.5. The summed E-state index contributed by atoms with van der Waals surface area (Å²) >= 11 is 6.23. The second-order valence-electron chi connectivity index (χ2n) is 11.7. The van der Waals surface area contributed by atoms with Gasteiger partial charge in [0.15, 0.2) is 0 Å². The molecule has 1 aliphatic heterocycles. The standard InChI is InChI=1S/C34H35ClN8O2/c1-4-23-16-29-30(39-32(23)44)15-22(19-37-29)20-42-11-13-43(14-12-42)27-9-6-24(7-10-27)33-40-41-34(45-33)31(21(2)3)38-26-8-5-25(18-36)28(35)17-26/h5-10,15-17,19,21,31,38H,4,11-14,20H2,1-3H3,(H,39,44)/t31-/m1/s1. The monoisotopic (exact) mass is 622 g/mol. The summed E-state index contributed by atoms with van der Waals surface area (Å²) in [6, 6.07) is 19.2. The van der Waals surface area contributed by atoms with E-state index < -0.39 is 0 Å². The van der Waals surface area contributed by atoms with E-state index in [9.17, 15) is 4.79 Å². The molecule has 0 radical (unpaired) electrons. The lowest BCUT2D eigenvalue weighted by Gasteiger charge is -2.36. The number of nitrogens with one attached hydrogen (secondary N) is 2.